The van der Waals surface area contributed by atoms with Crippen molar-refractivity contribution in [1.82, 2.24) is 9.88 Å². The first-order valence-corrected chi connectivity index (χ1v) is 11.1. The molecule has 0 spiro atoms. The maximum atomic E-state index is 13.8. The van der Waals surface area contributed by atoms with E-state index in [0.29, 0.717) is 17.7 Å². The van der Waals surface area contributed by atoms with Crippen LogP contribution in [0.25, 0.3) is 0 Å². The molecule has 6 heteroatoms. The summed E-state index contributed by atoms with van der Waals surface area (Å²) in [5.41, 5.74) is 4.56. The molecule has 1 atom stereocenters. The lowest BCUT2D eigenvalue weighted by Crippen LogP contribution is -2.50. The average molecular weight is 442 g/mol. The van der Waals surface area contributed by atoms with E-state index in [0.717, 1.165) is 40.1 Å². The minimum absolute atomic E-state index is 0.270. The third-order valence-corrected chi connectivity index (χ3v) is 6.12. The molecule has 0 aliphatic carbocycles. The quantitative estimate of drug-likeness (QED) is 0.511. The van der Waals surface area contributed by atoms with Gasteiger partial charge in [-0.2, -0.15) is 0 Å². The van der Waals surface area contributed by atoms with Crippen LogP contribution in [0.5, 0.6) is 0 Å². The Morgan fingerprint density at radius 1 is 0.939 bits per heavy atom. The number of hydrogen-bond acceptors (Lipinski definition) is 4. The van der Waals surface area contributed by atoms with Crippen LogP contribution in [0, 0.1) is 13.8 Å². The predicted molar refractivity (Wildman–Crippen MR) is 127 cm³/mol. The summed E-state index contributed by atoms with van der Waals surface area (Å²) in [5.74, 6) is -1.12. The van der Waals surface area contributed by atoms with E-state index in [9.17, 15) is 14.4 Å². The molecule has 1 aliphatic rings. The number of anilines is 1. The molecule has 2 heterocycles. The van der Waals surface area contributed by atoms with Crippen LogP contribution in [-0.4, -0.2) is 40.2 Å². The molecule has 0 saturated heterocycles. The molecule has 3 amide bonds. The lowest BCUT2D eigenvalue weighted by molar-refractivity contribution is -0.122. The Bertz CT molecular complexity index is 1150. The SMILES string of the molecule is Cc1cccc(C)c1N(CCCc1cccnc1)C(=O)[C@@H](C)N1C(=O)c2ccccc2C1=O. The number of para-hydroxylation sites is 1. The first kappa shape index (κ1) is 22.4. The summed E-state index contributed by atoms with van der Waals surface area (Å²) in [6.07, 6.45) is 5.05. The van der Waals surface area contributed by atoms with Crippen LogP contribution in [0.15, 0.2) is 67.0 Å². The van der Waals surface area contributed by atoms with Gasteiger partial charge in [0.15, 0.2) is 0 Å². The second kappa shape index (κ2) is 9.36. The molecule has 0 radical (unpaired) electrons. The lowest BCUT2D eigenvalue weighted by atomic mass is 10.1. The van der Waals surface area contributed by atoms with Crippen LogP contribution < -0.4 is 4.90 Å². The summed E-state index contributed by atoms with van der Waals surface area (Å²) in [6, 6.07) is 15.6. The molecule has 0 N–H and O–H groups in total. The van der Waals surface area contributed by atoms with E-state index in [2.05, 4.69) is 4.98 Å². The van der Waals surface area contributed by atoms with E-state index in [1.54, 1.807) is 42.3 Å². The predicted octanol–water partition coefficient (Wildman–Crippen LogP) is 4.35. The Balaban J connectivity index is 1.61. The Labute approximate surface area is 193 Å². The summed E-state index contributed by atoms with van der Waals surface area (Å²) >= 11 is 0. The molecule has 0 unspecified atom stereocenters. The van der Waals surface area contributed by atoms with Gasteiger partial charge < -0.3 is 4.90 Å². The number of imide groups is 1. The molecule has 168 valence electrons. The Hall–Kier alpha value is -3.80. The maximum Gasteiger partial charge on any atom is 0.262 e. The number of carbonyl (C=O) groups excluding carboxylic acids is 3. The Kier molecular flexibility index (Phi) is 6.36. The number of pyridine rings is 1. The van der Waals surface area contributed by atoms with Gasteiger partial charge in [-0.25, -0.2) is 0 Å². The summed E-state index contributed by atoms with van der Waals surface area (Å²) in [6.45, 7) is 6.03. The monoisotopic (exact) mass is 441 g/mol. The number of benzene rings is 2. The molecule has 0 saturated carbocycles. The number of carbonyl (C=O) groups is 3. The number of aryl methyl sites for hydroxylation is 3. The van der Waals surface area contributed by atoms with Crippen molar-refractivity contribution >= 4 is 23.4 Å². The van der Waals surface area contributed by atoms with Gasteiger partial charge >= 0.3 is 0 Å². The molecule has 3 aromatic rings. The topological polar surface area (TPSA) is 70.6 Å². The van der Waals surface area contributed by atoms with Crippen LogP contribution in [0.4, 0.5) is 5.69 Å². The molecule has 33 heavy (non-hydrogen) atoms. The number of hydrogen-bond donors (Lipinski definition) is 0. The van der Waals surface area contributed by atoms with E-state index < -0.39 is 17.9 Å². The van der Waals surface area contributed by atoms with Crippen molar-refractivity contribution in [3.63, 3.8) is 0 Å². The van der Waals surface area contributed by atoms with Crippen LogP contribution in [0.2, 0.25) is 0 Å². The molecule has 1 aromatic heterocycles. The first-order valence-electron chi connectivity index (χ1n) is 11.1. The van der Waals surface area contributed by atoms with Gasteiger partial charge in [0.1, 0.15) is 6.04 Å². The van der Waals surface area contributed by atoms with Crippen LogP contribution in [0.3, 0.4) is 0 Å². The highest BCUT2D eigenvalue weighted by Crippen LogP contribution is 2.29. The van der Waals surface area contributed by atoms with Crippen molar-refractivity contribution in [2.75, 3.05) is 11.4 Å². The highest BCUT2D eigenvalue weighted by Gasteiger charge is 2.42. The van der Waals surface area contributed by atoms with Gasteiger partial charge in [-0.1, -0.05) is 36.4 Å². The Morgan fingerprint density at radius 3 is 2.15 bits per heavy atom. The molecule has 4 rings (SSSR count). The van der Waals surface area contributed by atoms with Crippen molar-refractivity contribution in [2.45, 2.75) is 39.7 Å². The second-order valence-electron chi connectivity index (χ2n) is 8.40. The van der Waals surface area contributed by atoms with Crippen LogP contribution in [-0.2, 0) is 11.2 Å². The zero-order chi connectivity index (χ0) is 23.5. The standard InChI is InChI=1S/C27H27N3O3/c1-18-9-6-10-19(2)24(18)29(16-8-12-21-11-7-15-28-17-21)25(31)20(3)30-26(32)22-13-4-5-14-23(22)27(30)33/h4-7,9-11,13-15,17,20H,8,12,16H2,1-3H3/t20-/m1/s1. The van der Waals surface area contributed by atoms with Crippen molar-refractivity contribution in [1.29, 1.82) is 0 Å². The van der Waals surface area contributed by atoms with E-state index in [4.69, 9.17) is 0 Å². The third-order valence-electron chi connectivity index (χ3n) is 6.12. The normalized spacial score (nSPS) is 13.7. The molecule has 6 nitrogen and oxygen atoms in total. The van der Waals surface area contributed by atoms with Crippen LogP contribution >= 0.6 is 0 Å². The van der Waals surface area contributed by atoms with Gasteiger partial charge in [-0.05, 0) is 68.5 Å². The lowest BCUT2D eigenvalue weighted by Gasteiger charge is -2.31. The number of aromatic nitrogens is 1. The maximum absolute atomic E-state index is 13.8. The molecule has 0 bridgehead atoms. The molecule has 0 fully saturated rings. The minimum Gasteiger partial charge on any atom is -0.310 e. The third kappa shape index (κ3) is 4.29. The van der Waals surface area contributed by atoms with Gasteiger partial charge in [-0.15, -0.1) is 0 Å². The van der Waals surface area contributed by atoms with E-state index in [1.807, 2.05) is 50.4 Å². The van der Waals surface area contributed by atoms with E-state index in [1.165, 1.54) is 0 Å². The first-order chi connectivity index (χ1) is 15.9. The molecule has 2 aromatic carbocycles. The van der Waals surface area contributed by atoms with E-state index >= 15 is 0 Å². The van der Waals surface area contributed by atoms with Gasteiger partial charge in [-0.3, -0.25) is 24.3 Å². The number of amides is 3. The fourth-order valence-corrected chi connectivity index (χ4v) is 4.45. The average Bonchev–Trinajstić information content (AvgIpc) is 3.08. The van der Waals surface area contributed by atoms with Crippen molar-refractivity contribution in [2.24, 2.45) is 0 Å². The van der Waals surface area contributed by atoms with Crippen molar-refractivity contribution in [3.05, 3.63) is 94.8 Å². The molecular formula is C27H27N3O3. The number of nitrogens with zero attached hydrogens (tertiary/aromatic N) is 3. The second-order valence-corrected chi connectivity index (χ2v) is 8.40. The zero-order valence-corrected chi connectivity index (χ0v) is 19.1. The fraction of sp³-hybridized carbons (Fsp3) is 0.259. The van der Waals surface area contributed by atoms with Crippen molar-refractivity contribution in [3.8, 4) is 0 Å². The number of rotatable bonds is 7. The fourth-order valence-electron chi connectivity index (χ4n) is 4.45. The van der Waals surface area contributed by atoms with Gasteiger partial charge in [0.05, 0.1) is 11.1 Å². The molecular weight excluding hydrogens is 414 g/mol. The van der Waals surface area contributed by atoms with E-state index in [-0.39, 0.29) is 5.91 Å². The molecule has 1 aliphatic heterocycles. The smallest absolute Gasteiger partial charge is 0.262 e. The summed E-state index contributed by atoms with van der Waals surface area (Å²) in [7, 11) is 0. The van der Waals surface area contributed by atoms with Crippen molar-refractivity contribution < 1.29 is 14.4 Å². The van der Waals surface area contributed by atoms with Crippen LogP contribution in [0.1, 0.15) is 50.8 Å². The largest absolute Gasteiger partial charge is 0.310 e. The van der Waals surface area contributed by atoms with Gasteiger partial charge in [0.2, 0.25) is 5.91 Å². The highest BCUT2D eigenvalue weighted by molar-refractivity contribution is 6.23. The van der Waals surface area contributed by atoms with Gasteiger partial charge in [0.25, 0.3) is 11.8 Å². The summed E-state index contributed by atoms with van der Waals surface area (Å²) in [5, 5.41) is 0. The zero-order valence-electron chi connectivity index (χ0n) is 19.1. The summed E-state index contributed by atoms with van der Waals surface area (Å²) in [4.78, 5) is 46.7. The summed E-state index contributed by atoms with van der Waals surface area (Å²) < 4.78 is 0. The number of fused-ring (bicyclic) bond motifs is 1. The van der Waals surface area contributed by atoms with Gasteiger partial charge in [0, 0.05) is 24.6 Å². The minimum atomic E-state index is -0.921. The highest BCUT2D eigenvalue weighted by atomic mass is 16.2. The Morgan fingerprint density at radius 2 is 1.58 bits per heavy atom.